The van der Waals surface area contributed by atoms with Gasteiger partial charge < -0.3 is 19.3 Å². The Morgan fingerprint density at radius 2 is 1.83 bits per heavy atom. The van der Waals surface area contributed by atoms with Crippen LogP contribution in [0.4, 0.5) is 0 Å². The second-order valence-electron chi connectivity index (χ2n) is 11.8. The van der Waals surface area contributed by atoms with E-state index in [0.717, 1.165) is 17.5 Å². The summed E-state index contributed by atoms with van der Waals surface area (Å²) < 4.78 is 11.4. The molecule has 35 heavy (non-hydrogen) atoms. The van der Waals surface area contributed by atoms with E-state index in [-0.39, 0.29) is 36.9 Å². The smallest absolute Gasteiger partial charge is 0.247 e. The van der Waals surface area contributed by atoms with Gasteiger partial charge in [0.15, 0.2) is 17.3 Å². The highest BCUT2D eigenvalue weighted by Crippen LogP contribution is 2.55. The number of likely N-dealkylation sites (tertiary alicyclic amines) is 1. The molecule has 1 saturated heterocycles. The molecular formula is C28H34N2O5. The van der Waals surface area contributed by atoms with E-state index in [1.807, 2.05) is 43.9 Å². The molecule has 186 valence electrons. The van der Waals surface area contributed by atoms with Crippen LogP contribution < -0.4 is 9.47 Å². The number of allylic oxidation sites excluding steroid dienone is 1. The van der Waals surface area contributed by atoms with Crippen molar-refractivity contribution in [2.24, 2.45) is 5.92 Å². The van der Waals surface area contributed by atoms with E-state index >= 15 is 0 Å². The van der Waals surface area contributed by atoms with Crippen molar-refractivity contribution in [1.29, 1.82) is 0 Å². The van der Waals surface area contributed by atoms with Crippen molar-refractivity contribution in [2.45, 2.75) is 95.3 Å². The first kappa shape index (κ1) is 22.6. The monoisotopic (exact) mass is 478 g/mol. The molecule has 2 amide bonds. The van der Waals surface area contributed by atoms with Crippen LogP contribution in [-0.4, -0.2) is 51.8 Å². The molecule has 0 aromatic heterocycles. The van der Waals surface area contributed by atoms with Gasteiger partial charge in [0.25, 0.3) is 0 Å². The average Bonchev–Trinajstić information content (AvgIpc) is 3.53. The maximum Gasteiger partial charge on any atom is 0.247 e. The lowest BCUT2D eigenvalue weighted by Crippen LogP contribution is -2.59. The summed E-state index contributed by atoms with van der Waals surface area (Å²) in [5.74, 6) is 1.89. The zero-order chi connectivity index (χ0) is 24.5. The van der Waals surface area contributed by atoms with E-state index in [2.05, 4.69) is 0 Å². The Morgan fingerprint density at radius 3 is 2.54 bits per heavy atom. The van der Waals surface area contributed by atoms with Gasteiger partial charge >= 0.3 is 0 Å². The molecule has 2 aliphatic carbocycles. The molecular weight excluding hydrogens is 444 g/mol. The molecule has 3 atom stereocenters. The number of rotatable bonds is 3. The third kappa shape index (κ3) is 3.34. The number of benzene rings is 1. The SMILES string of the molecule is CC(C)(C)N1C(=O)[C@H]2N(C(=O)CCC3CCCC3)Cc3cc4c(cc3[C@]23C=CC(=O)C[C@H]13)OCO4. The van der Waals surface area contributed by atoms with Crippen molar-refractivity contribution in [2.75, 3.05) is 6.79 Å². The van der Waals surface area contributed by atoms with Crippen molar-refractivity contribution in [3.05, 3.63) is 35.4 Å². The van der Waals surface area contributed by atoms with Gasteiger partial charge in [0.1, 0.15) is 6.04 Å². The van der Waals surface area contributed by atoms with Crippen LogP contribution in [0.1, 0.15) is 76.8 Å². The lowest BCUT2D eigenvalue weighted by atomic mass is 9.63. The van der Waals surface area contributed by atoms with Crippen LogP contribution >= 0.6 is 0 Å². The topological polar surface area (TPSA) is 76.2 Å². The van der Waals surface area contributed by atoms with Crippen molar-refractivity contribution in [3.8, 4) is 11.5 Å². The standard InChI is InChI=1S/C28H34N2O5/c1-27(2,3)30-23-13-19(31)10-11-28(23)20-14-22-21(34-16-35-22)12-18(20)15-29(25(28)26(30)33)24(32)9-8-17-6-4-5-7-17/h10-12,14,17,23,25H,4-9,13,15-16H2,1-3H3/t23-,25+,28-/m0/s1. The van der Waals surface area contributed by atoms with E-state index in [1.54, 1.807) is 11.0 Å². The summed E-state index contributed by atoms with van der Waals surface area (Å²) in [6.45, 7) is 6.53. The fourth-order valence-electron chi connectivity index (χ4n) is 7.24. The molecule has 0 bridgehead atoms. The Kier molecular flexibility index (Phi) is 5.07. The third-order valence-electron chi connectivity index (χ3n) is 8.73. The molecule has 3 heterocycles. The third-order valence-corrected chi connectivity index (χ3v) is 8.73. The maximum absolute atomic E-state index is 14.2. The first-order valence-corrected chi connectivity index (χ1v) is 13.0. The van der Waals surface area contributed by atoms with Crippen molar-refractivity contribution < 1.29 is 23.9 Å². The van der Waals surface area contributed by atoms with Crippen molar-refractivity contribution in [1.82, 2.24) is 9.80 Å². The summed E-state index contributed by atoms with van der Waals surface area (Å²) >= 11 is 0. The highest BCUT2D eigenvalue weighted by molar-refractivity contribution is 5.99. The minimum Gasteiger partial charge on any atom is -0.454 e. The Labute approximate surface area is 206 Å². The van der Waals surface area contributed by atoms with E-state index < -0.39 is 17.0 Å². The number of nitrogens with zero attached hydrogens (tertiary/aromatic N) is 2. The Hall–Kier alpha value is -2.83. The zero-order valence-corrected chi connectivity index (χ0v) is 20.8. The van der Waals surface area contributed by atoms with Gasteiger partial charge in [0.2, 0.25) is 18.6 Å². The van der Waals surface area contributed by atoms with Gasteiger partial charge in [0.05, 0.1) is 11.5 Å². The van der Waals surface area contributed by atoms with E-state index in [9.17, 15) is 14.4 Å². The molecule has 1 saturated carbocycles. The van der Waals surface area contributed by atoms with Crippen LogP contribution in [0.3, 0.4) is 0 Å². The quantitative estimate of drug-likeness (QED) is 0.659. The largest absolute Gasteiger partial charge is 0.454 e. The molecule has 0 unspecified atom stereocenters. The lowest BCUT2D eigenvalue weighted by molar-refractivity contribution is -0.146. The van der Waals surface area contributed by atoms with E-state index in [0.29, 0.717) is 30.4 Å². The number of ether oxygens (including phenoxy) is 2. The van der Waals surface area contributed by atoms with Crippen LogP contribution in [0, 0.1) is 5.92 Å². The molecule has 3 aliphatic heterocycles. The first-order chi connectivity index (χ1) is 16.7. The highest BCUT2D eigenvalue weighted by atomic mass is 16.7. The summed E-state index contributed by atoms with van der Waals surface area (Å²) in [6, 6.07) is 2.92. The Morgan fingerprint density at radius 1 is 1.11 bits per heavy atom. The summed E-state index contributed by atoms with van der Waals surface area (Å²) in [4.78, 5) is 44.3. The summed E-state index contributed by atoms with van der Waals surface area (Å²) in [5.41, 5.74) is 0.648. The van der Waals surface area contributed by atoms with Crippen LogP contribution in [0.5, 0.6) is 11.5 Å². The number of hydrogen-bond acceptors (Lipinski definition) is 5. The van der Waals surface area contributed by atoms with Crippen LogP contribution in [0.15, 0.2) is 24.3 Å². The second-order valence-corrected chi connectivity index (χ2v) is 11.8. The number of ketones is 1. The van der Waals surface area contributed by atoms with Crippen LogP contribution in [0.2, 0.25) is 0 Å². The number of hydrogen-bond donors (Lipinski definition) is 0. The van der Waals surface area contributed by atoms with Gasteiger partial charge in [0, 0.05) is 24.9 Å². The predicted octanol–water partition coefficient (Wildman–Crippen LogP) is 3.87. The van der Waals surface area contributed by atoms with E-state index in [1.165, 1.54) is 25.7 Å². The van der Waals surface area contributed by atoms with Gasteiger partial charge in [-0.05, 0) is 62.4 Å². The fourth-order valence-corrected chi connectivity index (χ4v) is 7.24. The second kappa shape index (κ2) is 7.84. The Bertz CT molecular complexity index is 1130. The van der Waals surface area contributed by atoms with Gasteiger partial charge in [-0.15, -0.1) is 0 Å². The number of amides is 2. The predicted molar refractivity (Wildman–Crippen MR) is 129 cm³/mol. The molecule has 7 nitrogen and oxygen atoms in total. The van der Waals surface area contributed by atoms with Crippen LogP contribution in [-0.2, 0) is 26.3 Å². The molecule has 0 radical (unpaired) electrons. The summed E-state index contributed by atoms with van der Waals surface area (Å²) in [6.07, 6.45) is 9.97. The van der Waals surface area contributed by atoms with E-state index in [4.69, 9.17) is 9.47 Å². The van der Waals surface area contributed by atoms with Gasteiger partial charge in [-0.25, -0.2) is 0 Å². The molecule has 6 rings (SSSR count). The number of carbonyl (C=O) groups excluding carboxylic acids is 3. The average molecular weight is 479 g/mol. The molecule has 2 fully saturated rings. The summed E-state index contributed by atoms with van der Waals surface area (Å²) in [7, 11) is 0. The highest BCUT2D eigenvalue weighted by Gasteiger charge is 2.66. The number of carbonyl (C=O) groups is 3. The zero-order valence-electron chi connectivity index (χ0n) is 20.8. The lowest BCUT2D eigenvalue weighted by Gasteiger charge is -2.48. The first-order valence-electron chi connectivity index (χ1n) is 13.0. The van der Waals surface area contributed by atoms with Gasteiger partial charge in [-0.2, -0.15) is 0 Å². The summed E-state index contributed by atoms with van der Waals surface area (Å²) in [5, 5.41) is 0. The minimum absolute atomic E-state index is 0.00954. The van der Waals surface area contributed by atoms with Gasteiger partial charge in [-0.3, -0.25) is 14.4 Å². The van der Waals surface area contributed by atoms with Gasteiger partial charge in [-0.1, -0.05) is 31.8 Å². The van der Waals surface area contributed by atoms with Crippen LogP contribution in [0.25, 0.3) is 0 Å². The molecule has 7 heteroatoms. The maximum atomic E-state index is 14.2. The molecule has 1 spiro atoms. The molecule has 1 aromatic rings. The van der Waals surface area contributed by atoms with Crippen molar-refractivity contribution in [3.63, 3.8) is 0 Å². The van der Waals surface area contributed by atoms with Crippen molar-refractivity contribution >= 4 is 17.6 Å². The molecule has 1 aromatic carbocycles. The molecule has 5 aliphatic rings. The normalized spacial score (nSPS) is 29.5. The molecule has 0 N–H and O–H groups in total. The Balaban J connectivity index is 1.49. The fraction of sp³-hybridized carbons (Fsp3) is 0.607. The minimum atomic E-state index is -0.796. The number of fused-ring (bicyclic) bond motifs is 2.